The topological polar surface area (TPSA) is 67.1 Å². The minimum atomic E-state index is 0.285. The molecule has 1 saturated heterocycles. The van der Waals surface area contributed by atoms with Crippen molar-refractivity contribution in [3.8, 4) is 10.8 Å². The minimum Gasteiger partial charge on any atom is -0.468 e. The molecule has 0 aliphatic carbocycles. The van der Waals surface area contributed by atoms with Crippen LogP contribution >= 0.6 is 11.3 Å². The summed E-state index contributed by atoms with van der Waals surface area (Å²) in [6.45, 7) is 3.86. The van der Waals surface area contributed by atoms with Crippen molar-refractivity contribution in [2.45, 2.75) is 25.4 Å². The normalized spacial score (nSPS) is 16.3. The standard InChI is InChI=1S/C18H21N5OS/c1-2-9-23(8-1)15(16-5-3-10-24-16)12-19-11-14-13-25-18(22-14)17-20-6-4-7-21-17/h3-7,10,13,15,19H,1-2,8-9,11-12H2. The zero-order valence-corrected chi connectivity index (χ0v) is 14.8. The number of furan rings is 1. The Balaban J connectivity index is 1.37. The van der Waals surface area contributed by atoms with E-state index in [1.807, 2.05) is 12.1 Å². The first-order chi connectivity index (χ1) is 12.4. The smallest absolute Gasteiger partial charge is 0.188 e. The molecule has 0 saturated carbocycles. The molecule has 4 heterocycles. The lowest BCUT2D eigenvalue weighted by Gasteiger charge is -2.25. The molecular weight excluding hydrogens is 334 g/mol. The summed E-state index contributed by atoms with van der Waals surface area (Å²) in [7, 11) is 0. The zero-order chi connectivity index (χ0) is 16.9. The summed E-state index contributed by atoms with van der Waals surface area (Å²) < 4.78 is 5.66. The molecule has 0 radical (unpaired) electrons. The number of rotatable bonds is 7. The van der Waals surface area contributed by atoms with Crippen molar-refractivity contribution < 1.29 is 4.42 Å². The highest BCUT2D eigenvalue weighted by molar-refractivity contribution is 7.13. The van der Waals surface area contributed by atoms with Crippen LogP contribution in [0, 0.1) is 0 Å². The summed E-state index contributed by atoms with van der Waals surface area (Å²) >= 11 is 1.58. The number of nitrogens with zero attached hydrogens (tertiary/aromatic N) is 4. The summed E-state index contributed by atoms with van der Waals surface area (Å²) in [5, 5.41) is 6.46. The highest BCUT2D eigenvalue weighted by atomic mass is 32.1. The highest BCUT2D eigenvalue weighted by Crippen LogP contribution is 2.25. The van der Waals surface area contributed by atoms with E-state index in [0.717, 1.165) is 42.6 Å². The van der Waals surface area contributed by atoms with Crippen LogP contribution in [-0.2, 0) is 6.54 Å². The monoisotopic (exact) mass is 355 g/mol. The van der Waals surface area contributed by atoms with Crippen molar-refractivity contribution >= 4 is 11.3 Å². The van der Waals surface area contributed by atoms with Gasteiger partial charge in [0.25, 0.3) is 0 Å². The molecule has 0 amide bonds. The number of hydrogen-bond acceptors (Lipinski definition) is 7. The van der Waals surface area contributed by atoms with Gasteiger partial charge in [-0.05, 0) is 44.1 Å². The highest BCUT2D eigenvalue weighted by Gasteiger charge is 2.25. The second-order valence-corrected chi connectivity index (χ2v) is 6.98. The number of thiazole rings is 1. The number of aromatic nitrogens is 3. The molecule has 7 heteroatoms. The van der Waals surface area contributed by atoms with Gasteiger partial charge in [-0.1, -0.05) is 0 Å². The maximum atomic E-state index is 5.66. The fourth-order valence-corrected chi connectivity index (χ4v) is 3.95. The van der Waals surface area contributed by atoms with Crippen LogP contribution < -0.4 is 5.32 Å². The molecule has 1 aliphatic rings. The third-order valence-electron chi connectivity index (χ3n) is 4.41. The molecule has 3 aromatic heterocycles. The Morgan fingerprint density at radius 1 is 1.20 bits per heavy atom. The number of likely N-dealkylation sites (tertiary alicyclic amines) is 1. The van der Waals surface area contributed by atoms with Crippen molar-refractivity contribution in [2.24, 2.45) is 0 Å². The fraction of sp³-hybridized carbons (Fsp3) is 0.389. The van der Waals surface area contributed by atoms with Crippen LogP contribution in [0.25, 0.3) is 10.8 Å². The molecule has 6 nitrogen and oxygen atoms in total. The van der Waals surface area contributed by atoms with Gasteiger partial charge >= 0.3 is 0 Å². The molecular formula is C18H21N5OS. The average molecular weight is 355 g/mol. The van der Waals surface area contributed by atoms with Crippen molar-refractivity contribution in [1.82, 2.24) is 25.2 Å². The summed E-state index contributed by atoms with van der Waals surface area (Å²) in [4.78, 5) is 15.6. The first kappa shape index (κ1) is 16.4. The van der Waals surface area contributed by atoms with E-state index in [0.29, 0.717) is 5.82 Å². The van der Waals surface area contributed by atoms with E-state index in [9.17, 15) is 0 Å². The number of hydrogen-bond donors (Lipinski definition) is 1. The summed E-state index contributed by atoms with van der Waals surface area (Å²) in [6, 6.07) is 6.13. The van der Waals surface area contributed by atoms with E-state index in [-0.39, 0.29) is 6.04 Å². The predicted molar refractivity (Wildman–Crippen MR) is 97.1 cm³/mol. The van der Waals surface area contributed by atoms with E-state index in [1.165, 1.54) is 12.8 Å². The van der Waals surface area contributed by atoms with E-state index in [1.54, 1.807) is 30.0 Å². The molecule has 1 atom stereocenters. The second-order valence-electron chi connectivity index (χ2n) is 6.12. The molecule has 4 rings (SSSR count). The van der Waals surface area contributed by atoms with E-state index in [4.69, 9.17) is 4.42 Å². The van der Waals surface area contributed by atoms with Crippen LogP contribution in [0.5, 0.6) is 0 Å². The molecule has 3 aromatic rings. The Kier molecular flexibility index (Phi) is 5.15. The lowest BCUT2D eigenvalue weighted by Crippen LogP contribution is -2.33. The number of nitrogens with one attached hydrogen (secondary N) is 1. The van der Waals surface area contributed by atoms with E-state index >= 15 is 0 Å². The summed E-state index contributed by atoms with van der Waals surface area (Å²) in [5.41, 5.74) is 1.02. The van der Waals surface area contributed by atoms with Gasteiger partial charge in [-0.2, -0.15) is 0 Å². The molecule has 0 aromatic carbocycles. The van der Waals surface area contributed by atoms with Gasteiger partial charge < -0.3 is 9.73 Å². The van der Waals surface area contributed by atoms with E-state index < -0.39 is 0 Å². The lowest BCUT2D eigenvalue weighted by molar-refractivity contribution is 0.209. The van der Waals surface area contributed by atoms with Gasteiger partial charge in [0, 0.05) is 30.9 Å². The lowest BCUT2D eigenvalue weighted by atomic mass is 10.2. The van der Waals surface area contributed by atoms with E-state index in [2.05, 4.69) is 36.6 Å². The van der Waals surface area contributed by atoms with Crippen LogP contribution in [0.4, 0.5) is 0 Å². The molecule has 1 fully saturated rings. The molecule has 130 valence electrons. The van der Waals surface area contributed by atoms with Gasteiger partial charge in [0.2, 0.25) is 0 Å². The minimum absolute atomic E-state index is 0.285. The van der Waals surface area contributed by atoms with Gasteiger partial charge in [-0.25, -0.2) is 15.0 Å². The maximum absolute atomic E-state index is 5.66. The third kappa shape index (κ3) is 3.95. The van der Waals surface area contributed by atoms with Crippen LogP contribution in [0.3, 0.4) is 0 Å². The van der Waals surface area contributed by atoms with Crippen LogP contribution in [-0.4, -0.2) is 39.5 Å². The third-order valence-corrected chi connectivity index (χ3v) is 5.29. The van der Waals surface area contributed by atoms with Crippen molar-refractivity contribution in [1.29, 1.82) is 0 Å². The van der Waals surface area contributed by atoms with Crippen LogP contribution in [0.15, 0.2) is 46.7 Å². The van der Waals surface area contributed by atoms with Gasteiger partial charge in [-0.3, -0.25) is 4.90 Å². The van der Waals surface area contributed by atoms with Gasteiger partial charge in [0.05, 0.1) is 18.0 Å². The van der Waals surface area contributed by atoms with Crippen molar-refractivity contribution in [3.05, 3.63) is 53.7 Å². The predicted octanol–water partition coefficient (Wildman–Crippen LogP) is 3.12. The van der Waals surface area contributed by atoms with Crippen molar-refractivity contribution in [3.63, 3.8) is 0 Å². The summed E-state index contributed by atoms with van der Waals surface area (Å²) in [6.07, 6.45) is 7.77. The van der Waals surface area contributed by atoms with Crippen molar-refractivity contribution in [2.75, 3.05) is 19.6 Å². The Morgan fingerprint density at radius 3 is 2.80 bits per heavy atom. The SMILES string of the molecule is c1cnc(-c2nc(CNCC(c3ccco3)N3CCCC3)cs2)nc1. The second kappa shape index (κ2) is 7.86. The zero-order valence-electron chi connectivity index (χ0n) is 14.0. The molecule has 0 bridgehead atoms. The Bertz CT molecular complexity index is 768. The molecule has 1 aliphatic heterocycles. The largest absolute Gasteiger partial charge is 0.468 e. The Hall–Kier alpha value is -2.09. The first-order valence-corrected chi connectivity index (χ1v) is 9.48. The average Bonchev–Trinajstić information content (AvgIpc) is 3.42. The van der Waals surface area contributed by atoms with Crippen LogP contribution in [0.1, 0.15) is 30.3 Å². The van der Waals surface area contributed by atoms with Gasteiger partial charge in [-0.15, -0.1) is 11.3 Å². The molecule has 0 spiro atoms. The quantitative estimate of drug-likeness (QED) is 0.702. The Morgan fingerprint density at radius 2 is 2.04 bits per heavy atom. The van der Waals surface area contributed by atoms with Gasteiger partial charge in [0.15, 0.2) is 10.8 Å². The first-order valence-electron chi connectivity index (χ1n) is 8.60. The summed E-state index contributed by atoms with van der Waals surface area (Å²) in [5.74, 6) is 1.72. The Labute approximate surface area is 150 Å². The maximum Gasteiger partial charge on any atom is 0.188 e. The molecule has 1 N–H and O–H groups in total. The van der Waals surface area contributed by atoms with Crippen LogP contribution in [0.2, 0.25) is 0 Å². The molecule has 1 unspecified atom stereocenters. The fourth-order valence-electron chi connectivity index (χ4n) is 3.18. The molecule has 25 heavy (non-hydrogen) atoms. The van der Waals surface area contributed by atoms with Gasteiger partial charge in [0.1, 0.15) is 5.76 Å².